The van der Waals surface area contributed by atoms with Crippen LogP contribution in [-0.2, 0) is 11.3 Å². The Morgan fingerprint density at radius 2 is 2.05 bits per heavy atom. The molecule has 0 unspecified atom stereocenters. The quantitative estimate of drug-likeness (QED) is 0.871. The van der Waals surface area contributed by atoms with Gasteiger partial charge in [-0.2, -0.15) is 0 Å². The van der Waals surface area contributed by atoms with Crippen LogP contribution in [0.5, 0.6) is 0 Å². The number of nitrogens with two attached hydrogens (primary N) is 1. The van der Waals surface area contributed by atoms with Crippen LogP contribution in [0.2, 0.25) is 0 Å². The van der Waals surface area contributed by atoms with Crippen LogP contribution in [0.1, 0.15) is 44.2 Å². The van der Waals surface area contributed by atoms with Gasteiger partial charge in [0.15, 0.2) is 0 Å². The van der Waals surface area contributed by atoms with Crippen LogP contribution in [0, 0.1) is 5.41 Å². The molecule has 3 nitrogen and oxygen atoms in total. The van der Waals surface area contributed by atoms with Crippen LogP contribution < -0.4 is 5.73 Å². The lowest BCUT2D eigenvalue weighted by Gasteiger charge is -2.24. The average Bonchev–Trinajstić information content (AvgIpc) is 2.52. The van der Waals surface area contributed by atoms with Gasteiger partial charge in [0.25, 0.3) is 0 Å². The number of benzene rings is 1. The van der Waals surface area contributed by atoms with E-state index >= 15 is 0 Å². The van der Waals surface area contributed by atoms with Crippen molar-refractivity contribution in [1.82, 2.24) is 4.90 Å². The normalized spacial score (nSPS) is 18.7. The molecule has 0 aromatic heterocycles. The van der Waals surface area contributed by atoms with Crippen molar-refractivity contribution in [2.45, 2.75) is 39.7 Å². The highest BCUT2D eigenvalue weighted by atomic mass is 32.1. The zero-order chi connectivity index (χ0) is 14.8. The largest absolute Gasteiger partial charge is 0.389 e. The predicted octanol–water partition coefficient (Wildman–Crippen LogP) is 2.86. The van der Waals surface area contributed by atoms with Crippen LogP contribution in [0.25, 0.3) is 0 Å². The summed E-state index contributed by atoms with van der Waals surface area (Å²) >= 11 is 5.08. The van der Waals surface area contributed by atoms with E-state index in [0.717, 1.165) is 30.5 Å². The molecule has 0 spiro atoms. The molecule has 20 heavy (non-hydrogen) atoms. The molecule has 1 saturated heterocycles. The molecular formula is C16H22N2OS. The lowest BCUT2D eigenvalue weighted by atomic mass is 9.85. The van der Waals surface area contributed by atoms with Crippen molar-refractivity contribution in [2.75, 3.05) is 6.54 Å². The van der Waals surface area contributed by atoms with Gasteiger partial charge in [0.05, 0.1) is 0 Å². The third-order valence-electron chi connectivity index (χ3n) is 4.07. The van der Waals surface area contributed by atoms with Crippen molar-refractivity contribution in [3.8, 4) is 0 Å². The Kier molecular flexibility index (Phi) is 4.43. The van der Waals surface area contributed by atoms with E-state index in [-0.39, 0.29) is 11.3 Å². The second kappa shape index (κ2) is 5.92. The summed E-state index contributed by atoms with van der Waals surface area (Å²) in [5, 5.41) is 0. The maximum atomic E-state index is 12.2. The van der Waals surface area contributed by atoms with Crippen molar-refractivity contribution in [3.05, 3.63) is 35.4 Å². The number of hydrogen-bond acceptors (Lipinski definition) is 2. The van der Waals surface area contributed by atoms with Crippen molar-refractivity contribution in [2.24, 2.45) is 11.1 Å². The van der Waals surface area contributed by atoms with Crippen LogP contribution in [0.4, 0.5) is 0 Å². The molecule has 1 aromatic rings. The van der Waals surface area contributed by atoms with E-state index in [1.54, 1.807) is 0 Å². The molecule has 1 aliphatic rings. The van der Waals surface area contributed by atoms with Crippen molar-refractivity contribution < 1.29 is 4.79 Å². The number of amides is 1. The minimum Gasteiger partial charge on any atom is -0.389 e. The van der Waals surface area contributed by atoms with Gasteiger partial charge in [-0.05, 0) is 23.8 Å². The second-order valence-electron chi connectivity index (χ2n) is 6.25. The summed E-state index contributed by atoms with van der Waals surface area (Å²) in [7, 11) is 0. The number of carbonyl (C=O) groups is 1. The topological polar surface area (TPSA) is 46.3 Å². The molecule has 1 amide bonds. The zero-order valence-electron chi connectivity index (χ0n) is 12.2. The molecule has 0 radical (unpaired) electrons. The summed E-state index contributed by atoms with van der Waals surface area (Å²) in [6, 6.07) is 7.80. The van der Waals surface area contributed by atoms with Gasteiger partial charge in [0.2, 0.25) is 5.91 Å². The highest BCUT2D eigenvalue weighted by Crippen LogP contribution is 2.31. The molecule has 1 fully saturated rings. The molecule has 0 atom stereocenters. The first-order valence-corrected chi connectivity index (χ1v) is 7.45. The Bertz CT molecular complexity index is 525. The monoisotopic (exact) mass is 290 g/mol. The van der Waals surface area contributed by atoms with Crippen LogP contribution in [-0.4, -0.2) is 22.3 Å². The summed E-state index contributed by atoms with van der Waals surface area (Å²) in [6.45, 7) is 5.86. The number of likely N-dealkylation sites (tertiary alicyclic amines) is 1. The first-order valence-electron chi connectivity index (χ1n) is 7.04. The van der Waals surface area contributed by atoms with Crippen LogP contribution in [0.3, 0.4) is 0 Å². The van der Waals surface area contributed by atoms with E-state index < -0.39 is 0 Å². The van der Waals surface area contributed by atoms with Gasteiger partial charge >= 0.3 is 0 Å². The molecule has 1 aromatic carbocycles. The summed E-state index contributed by atoms with van der Waals surface area (Å²) in [4.78, 5) is 14.6. The second-order valence-corrected chi connectivity index (χ2v) is 6.69. The van der Waals surface area contributed by atoms with Gasteiger partial charge in [-0.15, -0.1) is 0 Å². The van der Waals surface area contributed by atoms with Crippen LogP contribution >= 0.6 is 12.2 Å². The molecular weight excluding hydrogens is 268 g/mol. The Balaban J connectivity index is 2.17. The maximum Gasteiger partial charge on any atom is 0.222 e. The first-order chi connectivity index (χ1) is 9.39. The molecule has 0 saturated carbocycles. The fraction of sp³-hybridized carbons (Fsp3) is 0.500. The molecule has 0 aliphatic carbocycles. The van der Waals surface area contributed by atoms with E-state index in [1.165, 1.54) is 0 Å². The lowest BCUT2D eigenvalue weighted by Crippen LogP contribution is -2.31. The Morgan fingerprint density at radius 3 is 2.75 bits per heavy atom. The Morgan fingerprint density at radius 1 is 1.35 bits per heavy atom. The number of hydrogen-bond donors (Lipinski definition) is 1. The third kappa shape index (κ3) is 3.57. The molecule has 1 aliphatic heterocycles. The van der Waals surface area contributed by atoms with Gasteiger partial charge in [-0.1, -0.05) is 50.3 Å². The average molecular weight is 290 g/mol. The molecule has 0 bridgehead atoms. The molecule has 1 heterocycles. The highest BCUT2D eigenvalue weighted by molar-refractivity contribution is 7.80. The molecule has 108 valence electrons. The van der Waals surface area contributed by atoms with E-state index in [0.29, 0.717) is 18.0 Å². The summed E-state index contributed by atoms with van der Waals surface area (Å²) in [6.07, 6.45) is 2.62. The van der Waals surface area contributed by atoms with Gasteiger partial charge in [0, 0.05) is 25.1 Å². The van der Waals surface area contributed by atoms with Crippen molar-refractivity contribution in [3.63, 3.8) is 0 Å². The SMILES string of the molecule is CC1(C)CCC(=O)N(Cc2ccccc2C(N)=S)CC1. The Labute approximate surface area is 126 Å². The highest BCUT2D eigenvalue weighted by Gasteiger charge is 2.27. The van der Waals surface area contributed by atoms with E-state index in [1.807, 2.05) is 29.2 Å². The van der Waals surface area contributed by atoms with E-state index in [4.69, 9.17) is 18.0 Å². The summed E-state index contributed by atoms with van der Waals surface area (Å²) in [5.41, 5.74) is 7.91. The van der Waals surface area contributed by atoms with Crippen molar-refractivity contribution in [1.29, 1.82) is 0 Å². The smallest absolute Gasteiger partial charge is 0.222 e. The van der Waals surface area contributed by atoms with Gasteiger partial charge in [-0.3, -0.25) is 4.79 Å². The molecule has 2 N–H and O–H groups in total. The minimum absolute atomic E-state index is 0.230. The fourth-order valence-electron chi connectivity index (χ4n) is 2.56. The zero-order valence-corrected chi connectivity index (χ0v) is 13.0. The molecule has 4 heteroatoms. The number of nitrogens with zero attached hydrogens (tertiary/aromatic N) is 1. The van der Waals surface area contributed by atoms with E-state index in [9.17, 15) is 4.79 Å². The van der Waals surface area contributed by atoms with Gasteiger partial charge < -0.3 is 10.6 Å². The fourth-order valence-corrected chi connectivity index (χ4v) is 2.76. The third-order valence-corrected chi connectivity index (χ3v) is 4.29. The Hall–Kier alpha value is -1.42. The first kappa shape index (κ1) is 15.0. The number of carbonyl (C=O) groups excluding carboxylic acids is 1. The van der Waals surface area contributed by atoms with Crippen LogP contribution in [0.15, 0.2) is 24.3 Å². The minimum atomic E-state index is 0.230. The van der Waals surface area contributed by atoms with Gasteiger partial charge in [-0.25, -0.2) is 0 Å². The maximum absolute atomic E-state index is 12.2. The van der Waals surface area contributed by atoms with Crippen molar-refractivity contribution >= 4 is 23.1 Å². The summed E-state index contributed by atoms with van der Waals surface area (Å²) in [5.74, 6) is 0.230. The number of thiocarbonyl (C=S) groups is 1. The summed E-state index contributed by atoms with van der Waals surface area (Å²) < 4.78 is 0. The standard InChI is InChI=1S/C16H22N2OS/c1-16(2)8-7-14(19)18(10-9-16)11-12-5-3-4-6-13(12)15(17)20/h3-6H,7-11H2,1-2H3,(H2,17,20). The molecule has 2 rings (SSSR count). The predicted molar refractivity (Wildman–Crippen MR) is 85.4 cm³/mol. The number of rotatable bonds is 3. The van der Waals surface area contributed by atoms with E-state index in [2.05, 4.69) is 13.8 Å². The van der Waals surface area contributed by atoms with Gasteiger partial charge in [0.1, 0.15) is 4.99 Å². The lowest BCUT2D eigenvalue weighted by molar-refractivity contribution is -0.131.